The molecule has 0 spiro atoms. The Morgan fingerprint density at radius 2 is 1.84 bits per heavy atom. The van der Waals surface area contributed by atoms with Crippen LogP contribution in [0.4, 0.5) is 4.79 Å². The molecule has 10 nitrogen and oxygen atoms in total. The largest absolute Gasteiger partial charge is 0.382 e. The molecule has 2 unspecified atom stereocenters. The number of carbonyl (C=O) groups is 4. The Morgan fingerprint density at radius 3 is 2.44 bits per heavy atom. The number of hydroxylamine groups is 1. The van der Waals surface area contributed by atoms with Gasteiger partial charge in [0.25, 0.3) is 5.91 Å². The summed E-state index contributed by atoms with van der Waals surface area (Å²) in [4.78, 5) is 50.1. The minimum absolute atomic E-state index is 0.0264. The number of methoxy groups -OCH3 is 1. The molecule has 1 heterocycles. The van der Waals surface area contributed by atoms with E-state index in [0.29, 0.717) is 30.7 Å². The average Bonchev–Trinajstić information content (AvgIpc) is 3.03. The van der Waals surface area contributed by atoms with E-state index in [9.17, 15) is 24.4 Å². The zero-order valence-corrected chi connectivity index (χ0v) is 18.7. The Kier molecular flexibility index (Phi) is 9.61. The number of imide groups is 1. The molecule has 0 bridgehead atoms. The van der Waals surface area contributed by atoms with Crippen molar-refractivity contribution in [3.63, 3.8) is 0 Å². The fourth-order valence-corrected chi connectivity index (χ4v) is 3.84. The van der Waals surface area contributed by atoms with E-state index in [1.54, 1.807) is 5.48 Å². The lowest BCUT2D eigenvalue weighted by Gasteiger charge is -2.27. The van der Waals surface area contributed by atoms with Crippen LogP contribution >= 0.6 is 0 Å². The Balaban J connectivity index is 2.13. The molecule has 1 aliphatic heterocycles. The van der Waals surface area contributed by atoms with Crippen molar-refractivity contribution in [1.82, 2.24) is 21.2 Å². The molecule has 0 aliphatic carbocycles. The van der Waals surface area contributed by atoms with Gasteiger partial charge in [0.05, 0.1) is 18.4 Å². The van der Waals surface area contributed by atoms with Crippen LogP contribution in [0.1, 0.15) is 38.7 Å². The first-order valence-electron chi connectivity index (χ1n) is 10.7. The van der Waals surface area contributed by atoms with Crippen LogP contribution < -0.4 is 16.2 Å². The average molecular weight is 449 g/mol. The van der Waals surface area contributed by atoms with Gasteiger partial charge in [0.15, 0.2) is 0 Å². The van der Waals surface area contributed by atoms with Crippen LogP contribution in [0.25, 0.3) is 0 Å². The van der Waals surface area contributed by atoms with Gasteiger partial charge >= 0.3 is 6.03 Å². The second kappa shape index (κ2) is 12.2. The summed E-state index contributed by atoms with van der Waals surface area (Å²) in [5, 5.41) is 12.3. The van der Waals surface area contributed by atoms with Gasteiger partial charge in [-0.15, -0.1) is 0 Å². The van der Waals surface area contributed by atoms with Crippen LogP contribution in [0.5, 0.6) is 0 Å². The van der Waals surface area contributed by atoms with Gasteiger partial charge < -0.3 is 10.1 Å². The molecule has 2 rings (SSSR count). The Hall–Kier alpha value is -2.98. The minimum atomic E-state index is -0.890. The van der Waals surface area contributed by atoms with Crippen molar-refractivity contribution in [2.45, 2.75) is 45.6 Å². The zero-order valence-electron chi connectivity index (χ0n) is 18.7. The topological polar surface area (TPSA) is 137 Å². The number of ether oxygens (including phenoxy) is 1. The van der Waals surface area contributed by atoms with E-state index in [0.717, 1.165) is 5.56 Å². The van der Waals surface area contributed by atoms with Gasteiger partial charge in [0.2, 0.25) is 11.8 Å². The lowest BCUT2D eigenvalue weighted by molar-refractivity contribution is -0.145. The zero-order chi connectivity index (χ0) is 23.7. The highest BCUT2D eigenvalue weighted by Gasteiger charge is 2.42. The second-order valence-electron chi connectivity index (χ2n) is 8.30. The SMILES string of the molecule is COCC1NC(=O)N(NC(=O)C(CC(C)C)[C@@H](CCCc2ccccc2)C(=O)NO)C1=O. The molecule has 32 heavy (non-hydrogen) atoms. The van der Waals surface area contributed by atoms with Gasteiger partial charge in [0, 0.05) is 7.11 Å². The van der Waals surface area contributed by atoms with Crippen molar-refractivity contribution in [3.05, 3.63) is 35.9 Å². The van der Waals surface area contributed by atoms with E-state index in [1.165, 1.54) is 7.11 Å². The number of hydrazine groups is 1. The van der Waals surface area contributed by atoms with Crippen LogP contribution in [0.3, 0.4) is 0 Å². The molecule has 4 N–H and O–H groups in total. The number of carbonyl (C=O) groups excluding carboxylic acids is 4. The molecule has 1 fully saturated rings. The maximum atomic E-state index is 13.1. The number of hydrogen-bond donors (Lipinski definition) is 4. The summed E-state index contributed by atoms with van der Waals surface area (Å²) in [6.45, 7) is 3.78. The van der Waals surface area contributed by atoms with Gasteiger partial charge in [-0.25, -0.2) is 10.3 Å². The predicted octanol–water partition coefficient (Wildman–Crippen LogP) is 1.39. The van der Waals surface area contributed by atoms with Gasteiger partial charge in [0.1, 0.15) is 6.04 Å². The summed E-state index contributed by atoms with van der Waals surface area (Å²) in [6, 6.07) is 8.08. The van der Waals surface area contributed by atoms with Gasteiger partial charge in [-0.2, -0.15) is 5.01 Å². The number of nitrogens with zero attached hydrogens (tertiary/aromatic N) is 1. The number of urea groups is 1. The number of benzene rings is 1. The maximum Gasteiger partial charge on any atom is 0.344 e. The van der Waals surface area contributed by atoms with Crippen LogP contribution in [0, 0.1) is 17.8 Å². The van der Waals surface area contributed by atoms with Gasteiger partial charge in [-0.1, -0.05) is 44.2 Å². The highest BCUT2D eigenvalue weighted by atomic mass is 16.5. The van der Waals surface area contributed by atoms with Crippen molar-refractivity contribution in [1.29, 1.82) is 0 Å². The third-order valence-electron chi connectivity index (χ3n) is 5.39. The van der Waals surface area contributed by atoms with Crippen LogP contribution in [-0.2, 0) is 25.5 Å². The van der Waals surface area contributed by atoms with Crippen LogP contribution in [0.15, 0.2) is 30.3 Å². The third-order valence-corrected chi connectivity index (χ3v) is 5.39. The smallest absolute Gasteiger partial charge is 0.344 e. The van der Waals surface area contributed by atoms with Crippen LogP contribution in [0.2, 0.25) is 0 Å². The van der Waals surface area contributed by atoms with Gasteiger partial charge in [-0.05, 0) is 37.2 Å². The van der Waals surface area contributed by atoms with Gasteiger partial charge in [-0.3, -0.25) is 25.0 Å². The molecule has 1 aliphatic rings. The number of aryl methyl sites for hydroxylation is 1. The van der Waals surface area contributed by atoms with Crippen LogP contribution in [-0.4, -0.2) is 53.7 Å². The third kappa shape index (κ3) is 6.76. The molecule has 0 aromatic heterocycles. The van der Waals surface area contributed by atoms with E-state index in [1.807, 2.05) is 44.2 Å². The highest BCUT2D eigenvalue weighted by Crippen LogP contribution is 2.27. The molecule has 3 atom stereocenters. The molecule has 0 radical (unpaired) electrons. The van der Waals surface area contributed by atoms with E-state index >= 15 is 0 Å². The normalized spacial score (nSPS) is 17.8. The summed E-state index contributed by atoms with van der Waals surface area (Å²) in [6.07, 6.45) is 2.00. The molecule has 176 valence electrons. The first kappa shape index (κ1) is 25.3. The van der Waals surface area contributed by atoms with E-state index in [2.05, 4.69) is 10.7 Å². The quantitative estimate of drug-likeness (QED) is 0.217. The van der Waals surface area contributed by atoms with Crippen molar-refractivity contribution in [2.75, 3.05) is 13.7 Å². The first-order chi connectivity index (χ1) is 15.3. The van der Waals surface area contributed by atoms with Crippen molar-refractivity contribution in [2.24, 2.45) is 17.8 Å². The van der Waals surface area contributed by atoms with E-state index in [4.69, 9.17) is 4.74 Å². The lowest BCUT2D eigenvalue weighted by Crippen LogP contribution is -2.51. The molecule has 1 aromatic rings. The summed E-state index contributed by atoms with van der Waals surface area (Å²) < 4.78 is 4.91. The van der Waals surface area contributed by atoms with Crippen molar-refractivity contribution < 1.29 is 29.1 Å². The molecule has 5 amide bonds. The number of hydrogen-bond acceptors (Lipinski definition) is 6. The predicted molar refractivity (Wildman–Crippen MR) is 115 cm³/mol. The van der Waals surface area contributed by atoms with Crippen molar-refractivity contribution in [3.8, 4) is 0 Å². The summed E-state index contributed by atoms with van der Waals surface area (Å²) >= 11 is 0. The minimum Gasteiger partial charge on any atom is -0.382 e. The van der Waals surface area contributed by atoms with E-state index in [-0.39, 0.29) is 12.5 Å². The van der Waals surface area contributed by atoms with E-state index < -0.39 is 41.6 Å². The summed E-state index contributed by atoms with van der Waals surface area (Å²) in [7, 11) is 1.40. The first-order valence-corrected chi connectivity index (χ1v) is 10.7. The highest BCUT2D eigenvalue weighted by molar-refractivity contribution is 6.05. The molecule has 1 aromatic carbocycles. The molecule has 0 saturated carbocycles. The number of nitrogens with one attached hydrogen (secondary N) is 3. The fourth-order valence-electron chi connectivity index (χ4n) is 3.84. The standard InChI is InChI=1S/C22H32N4O6/c1-14(2)12-17(19(27)24-26-21(29)18(13-32-3)23-22(26)30)16(20(28)25-31)11-7-10-15-8-5-4-6-9-15/h4-6,8-9,14,16-18,31H,7,10-13H2,1-3H3,(H,23,30)(H,24,27)(H,25,28)/t16-,17?,18?/m1/s1. The molecular weight excluding hydrogens is 416 g/mol. The summed E-state index contributed by atoms with van der Waals surface area (Å²) in [5.74, 6) is -3.57. The fraction of sp³-hybridized carbons (Fsp3) is 0.545. The second-order valence-corrected chi connectivity index (χ2v) is 8.30. The Labute approximate surface area is 187 Å². The molecule has 10 heteroatoms. The molecular formula is C22H32N4O6. The van der Waals surface area contributed by atoms with Crippen molar-refractivity contribution >= 4 is 23.8 Å². The Morgan fingerprint density at radius 1 is 1.16 bits per heavy atom. The molecule has 1 saturated heterocycles. The lowest BCUT2D eigenvalue weighted by atomic mass is 9.81. The number of amides is 5. The maximum absolute atomic E-state index is 13.1. The monoisotopic (exact) mass is 448 g/mol. The Bertz CT molecular complexity index is 801. The number of rotatable bonds is 12. The summed E-state index contributed by atoms with van der Waals surface area (Å²) in [5.41, 5.74) is 5.12.